The quantitative estimate of drug-likeness (QED) is 0.833. The molecule has 0 saturated heterocycles. The van der Waals surface area contributed by atoms with Crippen LogP contribution >= 0.6 is 0 Å². The van der Waals surface area contributed by atoms with Crippen LogP contribution in [0.15, 0.2) is 36.4 Å². The Kier molecular flexibility index (Phi) is 6.07. The number of benzene rings is 2. The molecule has 1 N–H and O–H groups in total. The largest absolute Gasteiger partial charge is 0.496 e. The van der Waals surface area contributed by atoms with Gasteiger partial charge in [-0.1, -0.05) is 32.0 Å². The van der Waals surface area contributed by atoms with Crippen LogP contribution in [0.1, 0.15) is 59.8 Å². The van der Waals surface area contributed by atoms with Gasteiger partial charge in [-0.25, -0.2) is 0 Å². The van der Waals surface area contributed by atoms with Gasteiger partial charge in [0.2, 0.25) is 0 Å². The molecule has 2 aromatic carbocycles. The molecule has 2 rings (SSSR count). The topological polar surface area (TPSA) is 47.6 Å². The Hall–Kier alpha value is -2.49. The zero-order valence-electron chi connectivity index (χ0n) is 15.8. The van der Waals surface area contributed by atoms with Gasteiger partial charge in [0.1, 0.15) is 11.5 Å². The van der Waals surface area contributed by atoms with Gasteiger partial charge in [-0.05, 0) is 49.1 Å². The molecule has 134 valence electrons. The fourth-order valence-corrected chi connectivity index (χ4v) is 2.95. The molecule has 0 bridgehead atoms. The summed E-state index contributed by atoms with van der Waals surface area (Å²) in [5.74, 6) is 1.76. The molecule has 1 unspecified atom stereocenters. The van der Waals surface area contributed by atoms with Crippen LogP contribution < -0.4 is 14.8 Å². The lowest BCUT2D eigenvalue weighted by molar-refractivity contribution is 0.0938. The Bertz CT molecular complexity index is 753. The molecule has 0 aliphatic heterocycles. The summed E-state index contributed by atoms with van der Waals surface area (Å²) in [5, 5.41) is 3.07. The van der Waals surface area contributed by atoms with Crippen molar-refractivity contribution in [2.24, 2.45) is 0 Å². The van der Waals surface area contributed by atoms with E-state index in [0.717, 1.165) is 28.2 Å². The second-order valence-corrected chi connectivity index (χ2v) is 6.50. The number of hydrogen-bond acceptors (Lipinski definition) is 3. The van der Waals surface area contributed by atoms with E-state index in [-0.39, 0.29) is 17.9 Å². The lowest BCUT2D eigenvalue weighted by Gasteiger charge is -2.19. The summed E-state index contributed by atoms with van der Waals surface area (Å²) in [6.07, 6.45) is 0. The minimum Gasteiger partial charge on any atom is -0.496 e. The van der Waals surface area contributed by atoms with Gasteiger partial charge in [0.15, 0.2) is 0 Å². The number of methoxy groups -OCH3 is 2. The maximum absolute atomic E-state index is 12.8. The first kappa shape index (κ1) is 18.8. The Morgan fingerprint density at radius 3 is 2.20 bits per heavy atom. The second kappa shape index (κ2) is 8.06. The van der Waals surface area contributed by atoms with Crippen molar-refractivity contribution < 1.29 is 14.3 Å². The number of ether oxygens (including phenoxy) is 2. The molecule has 0 saturated carbocycles. The third-order valence-corrected chi connectivity index (χ3v) is 4.40. The summed E-state index contributed by atoms with van der Waals surface area (Å²) in [6.45, 7) is 8.06. The van der Waals surface area contributed by atoms with E-state index >= 15 is 0 Å². The number of hydrogen-bond donors (Lipinski definition) is 1. The highest BCUT2D eigenvalue weighted by molar-refractivity contribution is 5.96. The minimum atomic E-state index is -0.160. The van der Waals surface area contributed by atoms with E-state index in [9.17, 15) is 4.79 Å². The van der Waals surface area contributed by atoms with Crippen molar-refractivity contribution in [1.29, 1.82) is 0 Å². The fourth-order valence-electron chi connectivity index (χ4n) is 2.95. The smallest absolute Gasteiger partial charge is 0.252 e. The minimum absolute atomic E-state index is 0.0968. The SMILES string of the molecule is COc1cc(C)c(C(=O)NC(C)c2ccccc2OC)cc1C(C)C. The van der Waals surface area contributed by atoms with Gasteiger partial charge in [0.25, 0.3) is 5.91 Å². The summed E-state index contributed by atoms with van der Waals surface area (Å²) in [4.78, 5) is 12.8. The van der Waals surface area contributed by atoms with Gasteiger partial charge in [-0.3, -0.25) is 4.79 Å². The molecule has 0 aliphatic carbocycles. The Labute approximate surface area is 150 Å². The van der Waals surface area contributed by atoms with Gasteiger partial charge in [-0.2, -0.15) is 0 Å². The second-order valence-electron chi connectivity index (χ2n) is 6.50. The zero-order valence-corrected chi connectivity index (χ0v) is 15.8. The van der Waals surface area contributed by atoms with Crippen molar-refractivity contribution in [3.8, 4) is 11.5 Å². The van der Waals surface area contributed by atoms with Crippen LogP contribution in [0.5, 0.6) is 11.5 Å². The number of carbonyl (C=O) groups excluding carboxylic acids is 1. The maximum atomic E-state index is 12.8. The van der Waals surface area contributed by atoms with Crippen molar-refractivity contribution in [2.45, 2.75) is 39.7 Å². The average molecular weight is 341 g/mol. The molecule has 4 nitrogen and oxygen atoms in total. The van der Waals surface area contributed by atoms with Gasteiger partial charge in [0, 0.05) is 11.1 Å². The third-order valence-electron chi connectivity index (χ3n) is 4.40. The molecule has 25 heavy (non-hydrogen) atoms. The number of para-hydroxylation sites is 1. The molecule has 0 fully saturated rings. The summed E-state index contributed by atoms with van der Waals surface area (Å²) < 4.78 is 10.8. The van der Waals surface area contributed by atoms with Gasteiger partial charge in [-0.15, -0.1) is 0 Å². The van der Waals surface area contributed by atoms with Crippen LogP contribution in [-0.2, 0) is 0 Å². The monoisotopic (exact) mass is 341 g/mol. The molecule has 0 heterocycles. The van der Waals surface area contributed by atoms with E-state index in [1.165, 1.54) is 0 Å². The summed E-state index contributed by atoms with van der Waals surface area (Å²) in [6, 6.07) is 11.4. The molecule has 0 aromatic heterocycles. The summed E-state index contributed by atoms with van der Waals surface area (Å²) >= 11 is 0. The van der Waals surface area contributed by atoms with E-state index < -0.39 is 0 Å². The highest BCUT2D eigenvalue weighted by Gasteiger charge is 2.19. The number of aryl methyl sites for hydroxylation is 1. The van der Waals surface area contributed by atoms with E-state index in [1.54, 1.807) is 14.2 Å². The zero-order chi connectivity index (χ0) is 18.6. The normalized spacial score (nSPS) is 12.0. The number of carbonyl (C=O) groups is 1. The highest BCUT2D eigenvalue weighted by Crippen LogP contribution is 2.30. The lowest BCUT2D eigenvalue weighted by Crippen LogP contribution is -2.27. The average Bonchev–Trinajstić information content (AvgIpc) is 2.60. The molecule has 1 amide bonds. The van der Waals surface area contributed by atoms with Crippen LogP contribution in [0, 0.1) is 6.92 Å². The van der Waals surface area contributed by atoms with Crippen LogP contribution in [0.25, 0.3) is 0 Å². The van der Waals surface area contributed by atoms with Crippen molar-refractivity contribution in [3.05, 3.63) is 58.7 Å². The first-order chi connectivity index (χ1) is 11.9. The Morgan fingerprint density at radius 2 is 1.60 bits per heavy atom. The molecule has 0 aliphatic rings. The van der Waals surface area contributed by atoms with Crippen molar-refractivity contribution in [1.82, 2.24) is 5.32 Å². The van der Waals surface area contributed by atoms with Crippen molar-refractivity contribution >= 4 is 5.91 Å². The molecule has 0 radical (unpaired) electrons. The third kappa shape index (κ3) is 4.13. The molecule has 1 atom stereocenters. The first-order valence-electron chi connectivity index (χ1n) is 8.51. The number of rotatable bonds is 6. The van der Waals surface area contributed by atoms with Crippen LogP contribution in [-0.4, -0.2) is 20.1 Å². The molecule has 2 aromatic rings. The molecular weight excluding hydrogens is 314 g/mol. The van der Waals surface area contributed by atoms with E-state index in [1.807, 2.05) is 50.2 Å². The molecule has 4 heteroatoms. The van der Waals surface area contributed by atoms with Gasteiger partial charge in [0.05, 0.1) is 20.3 Å². The Balaban J connectivity index is 2.30. The standard InChI is InChI=1S/C21H27NO3/c1-13(2)17-12-18(14(3)11-20(17)25-6)21(23)22-15(4)16-9-7-8-10-19(16)24-5/h7-13,15H,1-6H3,(H,22,23). The summed E-state index contributed by atoms with van der Waals surface area (Å²) in [7, 11) is 3.29. The van der Waals surface area contributed by atoms with E-state index in [2.05, 4.69) is 19.2 Å². The van der Waals surface area contributed by atoms with Crippen molar-refractivity contribution in [2.75, 3.05) is 14.2 Å². The number of nitrogens with one attached hydrogen (secondary N) is 1. The van der Waals surface area contributed by atoms with Gasteiger partial charge >= 0.3 is 0 Å². The number of amides is 1. The predicted molar refractivity (Wildman–Crippen MR) is 101 cm³/mol. The molecular formula is C21H27NO3. The molecule has 0 spiro atoms. The highest BCUT2D eigenvalue weighted by atomic mass is 16.5. The van der Waals surface area contributed by atoms with E-state index in [4.69, 9.17) is 9.47 Å². The lowest BCUT2D eigenvalue weighted by atomic mass is 9.95. The van der Waals surface area contributed by atoms with Crippen LogP contribution in [0.2, 0.25) is 0 Å². The van der Waals surface area contributed by atoms with Crippen molar-refractivity contribution in [3.63, 3.8) is 0 Å². The van der Waals surface area contributed by atoms with Crippen LogP contribution in [0.4, 0.5) is 0 Å². The predicted octanol–water partition coefficient (Wildman–Crippen LogP) is 4.63. The van der Waals surface area contributed by atoms with E-state index in [0.29, 0.717) is 5.56 Å². The first-order valence-corrected chi connectivity index (χ1v) is 8.51. The van der Waals surface area contributed by atoms with Crippen LogP contribution in [0.3, 0.4) is 0 Å². The summed E-state index contributed by atoms with van der Waals surface area (Å²) in [5.41, 5.74) is 3.55. The Morgan fingerprint density at radius 1 is 0.960 bits per heavy atom. The fraction of sp³-hybridized carbons (Fsp3) is 0.381. The van der Waals surface area contributed by atoms with Gasteiger partial charge < -0.3 is 14.8 Å². The maximum Gasteiger partial charge on any atom is 0.252 e.